The molecule has 1 aromatic heterocycles. The molecule has 4 fully saturated rings. The lowest BCUT2D eigenvalue weighted by molar-refractivity contribution is -0.213. The van der Waals surface area contributed by atoms with Gasteiger partial charge in [-0.05, 0) is 140 Å². The number of anilines is 1. The van der Waals surface area contributed by atoms with E-state index in [9.17, 15) is 9.90 Å². The van der Waals surface area contributed by atoms with Crippen molar-refractivity contribution < 1.29 is 9.90 Å². The van der Waals surface area contributed by atoms with E-state index in [0.717, 1.165) is 35.7 Å². The highest BCUT2D eigenvalue weighted by Gasteiger charge is 2.69. The summed E-state index contributed by atoms with van der Waals surface area (Å²) in [5, 5.41) is 16.9. The number of carbonyl (C=O) groups is 1. The average molecular weight is 721 g/mol. The molecule has 3 unspecified atom stereocenters. The van der Waals surface area contributed by atoms with Gasteiger partial charge in [-0.2, -0.15) is 0 Å². The molecule has 4 nitrogen and oxygen atoms in total. The smallest absolute Gasteiger partial charge is 0.335 e. The van der Waals surface area contributed by atoms with Gasteiger partial charge in [-0.3, -0.25) is 0 Å². The predicted octanol–water partition coefficient (Wildman–Crippen LogP) is 12.1. The van der Waals surface area contributed by atoms with Crippen molar-refractivity contribution in [2.75, 3.05) is 5.32 Å². The van der Waals surface area contributed by atoms with Crippen LogP contribution in [-0.2, 0) is 6.42 Å². The number of terminal acetylenes is 3. The van der Waals surface area contributed by atoms with Gasteiger partial charge in [0.25, 0.3) is 0 Å². The number of hydrogen-bond donors (Lipinski definition) is 2. The van der Waals surface area contributed by atoms with Gasteiger partial charge in [0.05, 0.1) is 11.3 Å². The van der Waals surface area contributed by atoms with Crippen LogP contribution in [0.15, 0.2) is 48.4 Å². The molecule has 8 atom stereocenters. The van der Waals surface area contributed by atoms with E-state index in [1.54, 1.807) is 18.2 Å². The Hall–Kier alpha value is -3.72. The molecule has 0 aliphatic heterocycles. The number of aromatic nitrogens is 1. The van der Waals surface area contributed by atoms with E-state index in [1.807, 2.05) is 30.4 Å². The fraction of sp³-hybridized carbons (Fsp3) is 0.574. The first-order valence-electron chi connectivity index (χ1n) is 19.1. The maximum absolute atomic E-state index is 11.5. The van der Waals surface area contributed by atoms with Crippen molar-refractivity contribution in [3.05, 3.63) is 65.2 Å². The van der Waals surface area contributed by atoms with Crippen molar-refractivity contribution in [1.82, 2.24) is 4.98 Å². The number of thiazole rings is 1. The summed E-state index contributed by atoms with van der Waals surface area (Å²) in [5.41, 5.74) is 5.52. The molecule has 0 radical (unpaired) electrons. The van der Waals surface area contributed by atoms with Crippen molar-refractivity contribution in [2.45, 2.75) is 125 Å². The lowest BCUT2D eigenvalue weighted by Gasteiger charge is -2.72. The molecule has 280 valence electrons. The highest BCUT2D eigenvalue weighted by Crippen LogP contribution is 2.76. The molecular formula is C47H64N2O2S. The van der Waals surface area contributed by atoms with Crippen LogP contribution in [-0.4, -0.2) is 21.6 Å². The molecule has 52 heavy (non-hydrogen) atoms. The molecule has 0 spiro atoms. The molecular weight excluding hydrogens is 657 g/mol. The Morgan fingerprint density at radius 1 is 0.904 bits per heavy atom. The van der Waals surface area contributed by atoms with Crippen molar-refractivity contribution in [3.63, 3.8) is 0 Å². The maximum atomic E-state index is 11.5. The molecule has 2 N–H and O–H groups in total. The normalized spacial score (nSPS) is 34.5. The number of carboxylic acids is 1. The Morgan fingerprint density at radius 3 is 2.12 bits per heavy atom. The number of aromatic carboxylic acids is 1. The Kier molecular flexibility index (Phi) is 13.9. The van der Waals surface area contributed by atoms with Crippen molar-refractivity contribution in [2.24, 2.45) is 45.3 Å². The summed E-state index contributed by atoms with van der Waals surface area (Å²) in [6, 6.07) is 7.64. The van der Waals surface area contributed by atoms with Gasteiger partial charge in [-0.15, -0.1) is 56.5 Å². The lowest BCUT2D eigenvalue weighted by atomic mass is 9.33. The molecule has 0 amide bonds. The van der Waals surface area contributed by atoms with Gasteiger partial charge < -0.3 is 10.4 Å². The highest BCUT2D eigenvalue weighted by atomic mass is 32.1. The van der Waals surface area contributed by atoms with E-state index in [-0.39, 0.29) is 16.4 Å². The summed E-state index contributed by atoms with van der Waals surface area (Å²) in [5.74, 6) is 2.06. The molecule has 0 saturated heterocycles. The van der Waals surface area contributed by atoms with Crippen LogP contribution in [0, 0.1) is 83.9 Å². The fourth-order valence-electron chi connectivity index (χ4n) is 12.4. The Labute approximate surface area is 320 Å². The van der Waals surface area contributed by atoms with Gasteiger partial charge in [0.2, 0.25) is 0 Å². The van der Waals surface area contributed by atoms with Gasteiger partial charge in [0.1, 0.15) is 0 Å². The second-order valence-corrected chi connectivity index (χ2v) is 17.6. The summed E-state index contributed by atoms with van der Waals surface area (Å²) in [4.78, 5) is 16.5. The van der Waals surface area contributed by atoms with Gasteiger partial charge in [-0.25, -0.2) is 9.78 Å². The zero-order valence-electron chi connectivity index (χ0n) is 33.0. The summed E-state index contributed by atoms with van der Waals surface area (Å²) in [6.07, 6.45) is 42.5. The summed E-state index contributed by atoms with van der Waals surface area (Å²) in [6.45, 7) is 20.5. The monoisotopic (exact) mass is 720 g/mol. The molecule has 5 aliphatic carbocycles. The van der Waals surface area contributed by atoms with Gasteiger partial charge in [0, 0.05) is 10.9 Å². The van der Waals surface area contributed by atoms with Crippen molar-refractivity contribution in [3.8, 4) is 38.5 Å². The molecule has 5 heteroatoms. The second kappa shape index (κ2) is 17.0. The number of nitrogens with zero attached hydrogens (tertiary/aromatic N) is 1. The summed E-state index contributed by atoms with van der Waals surface area (Å²) >= 11 is 1.82. The third kappa shape index (κ3) is 7.02. The van der Waals surface area contributed by atoms with Crippen LogP contribution in [0.3, 0.4) is 0 Å². The molecule has 4 saturated carbocycles. The quantitative estimate of drug-likeness (QED) is 0.238. The number of benzene rings is 1. The van der Waals surface area contributed by atoms with Gasteiger partial charge in [-0.1, -0.05) is 72.2 Å². The number of fused-ring (bicyclic) bond motifs is 7. The molecule has 2 aromatic rings. The number of hydrogen-bond acceptors (Lipinski definition) is 4. The predicted molar refractivity (Wildman–Crippen MR) is 223 cm³/mol. The number of allylic oxidation sites excluding steroid dienone is 3. The van der Waals surface area contributed by atoms with E-state index in [0.29, 0.717) is 22.3 Å². The van der Waals surface area contributed by atoms with E-state index in [2.05, 4.69) is 103 Å². The average Bonchev–Trinajstić information content (AvgIpc) is 3.78. The third-order valence-electron chi connectivity index (χ3n) is 14.7. The molecule has 7 rings (SSSR count). The van der Waals surface area contributed by atoms with Crippen LogP contribution in [0.1, 0.15) is 134 Å². The number of rotatable bonds is 5. The lowest BCUT2D eigenvalue weighted by Crippen LogP contribution is -2.66. The first kappa shape index (κ1) is 42.7. The van der Waals surface area contributed by atoms with E-state index >= 15 is 0 Å². The topological polar surface area (TPSA) is 62.2 Å². The Balaban J connectivity index is 0.000000749. The first-order valence-corrected chi connectivity index (χ1v) is 20.0. The van der Waals surface area contributed by atoms with Crippen LogP contribution in [0.5, 0.6) is 0 Å². The van der Waals surface area contributed by atoms with Crippen LogP contribution < -0.4 is 5.32 Å². The molecule has 1 aromatic carbocycles. The minimum atomic E-state index is -0.853. The third-order valence-corrected chi connectivity index (χ3v) is 15.5. The van der Waals surface area contributed by atoms with E-state index < -0.39 is 5.97 Å². The summed E-state index contributed by atoms with van der Waals surface area (Å²) < 4.78 is 0. The summed E-state index contributed by atoms with van der Waals surface area (Å²) in [7, 11) is 0. The van der Waals surface area contributed by atoms with E-state index in [4.69, 9.17) is 4.98 Å². The second-order valence-electron chi connectivity index (χ2n) is 16.8. The Morgan fingerprint density at radius 2 is 1.54 bits per heavy atom. The molecule has 0 bridgehead atoms. The number of aryl methyl sites for hydroxylation is 1. The van der Waals surface area contributed by atoms with Crippen LogP contribution in [0.25, 0.3) is 5.57 Å². The minimum absolute atomic E-state index is 0.0545. The van der Waals surface area contributed by atoms with Crippen LogP contribution in [0.2, 0.25) is 0 Å². The fourth-order valence-corrected chi connectivity index (χ4v) is 13.3. The molecule has 5 aliphatic rings. The SMILES string of the molecule is C#C.C#C.C#C.C=CC.CCc1csc(N[C@]23CCCC2[C@H]2CCC4[C@@]5(C)CC=C(c6ccc(C(=O)O)cc6)C(C)(C)C5CC[C@@]4(C)[C@]2(C)CC3)n1. The first-order chi connectivity index (χ1) is 24.8. The number of carboxylic acid groups (broad SMARTS) is 1. The minimum Gasteiger partial charge on any atom is -0.478 e. The van der Waals surface area contributed by atoms with Crippen LogP contribution >= 0.6 is 11.3 Å². The van der Waals surface area contributed by atoms with E-state index in [1.165, 1.54) is 74.6 Å². The zero-order chi connectivity index (χ0) is 39.1. The largest absolute Gasteiger partial charge is 0.478 e. The zero-order valence-corrected chi connectivity index (χ0v) is 33.8. The van der Waals surface area contributed by atoms with Gasteiger partial charge >= 0.3 is 5.97 Å². The molecule has 1 heterocycles. The maximum Gasteiger partial charge on any atom is 0.335 e. The standard InChI is InChI=1S/C38H52N2O2S.C3H6.3C2H2/c1-7-26-23-43-33(39-26)40-38-18-8-9-29(38)28-14-15-31-35(4)19-16-27(24-10-12-25(13-11-24)32(41)42)34(2,3)30(35)17-20-37(31,6)36(28,5)21-22-38;1-3-2;3*1-2/h10-13,16,23,28-31H,7-9,14-15,17-22H2,1-6H3,(H,39,40)(H,41,42);3H,1H2,2H3;3*1-2H/t28-,29?,30?,31?,35+,36-,37-,38+;;;;/m1..../s1. The van der Waals surface area contributed by atoms with Crippen molar-refractivity contribution >= 4 is 28.0 Å². The Bertz CT molecular complexity index is 1610. The highest BCUT2D eigenvalue weighted by molar-refractivity contribution is 7.13. The van der Waals surface area contributed by atoms with Crippen molar-refractivity contribution in [1.29, 1.82) is 0 Å². The number of nitrogens with one attached hydrogen (secondary N) is 1. The van der Waals surface area contributed by atoms with Gasteiger partial charge in [0.15, 0.2) is 5.13 Å². The van der Waals surface area contributed by atoms with Crippen LogP contribution in [0.4, 0.5) is 5.13 Å².